The molecular weight excluding hydrogens is 252 g/mol. The maximum atomic E-state index is 2.25. The van der Waals surface area contributed by atoms with Crippen molar-refractivity contribution in [1.29, 1.82) is 0 Å². The van der Waals surface area contributed by atoms with Crippen molar-refractivity contribution in [3.63, 3.8) is 0 Å². The molecule has 0 fully saturated rings. The molecule has 0 nitrogen and oxygen atoms in total. The first kappa shape index (κ1) is 17.5. The quantitative estimate of drug-likeness (QED) is 0.584. The topological polar surface area (TPSA) is 0 Å². The Balaban J connectivity index is 0.000000219. The van der Waals surface area contributed by atoms with Crippen LogP contribution in [0.5, 0.6) is 0 Å². The molecule has 2 rings (SSSR count). The lowest BCUT2D eigenvalue weighted by Gasteiger charge is -2.14. The second-order valence-electron chi connectivity index (χ2n) is 6.50. The fourth-order valence-electron chi connectivity index (χ4n) is 2.40. The molecule has 0 aromatic heterocycles. The van der Waals surface area contributed by atoms with Crippen molar-refractivity contribution in [2.24, 2.45) is 0 Å². The molecule has 114 valence electrons. The molecule has 0 aliphatic heterocycles. The van der Waals surface area contributed by atoms with E-state index >= 15 is 0 Å². The number of rotatable bonds is 3. The van der Waals surface area contributed by atoms with Gasteiger partial charge in [0.1, 0.15) is 0 Å². The van der Waals surface area contributed by atoms with Crippen LogP contribution in [-0.2, 0) is 0 Å². The molecular formula is C21H30. The second kappa shape index (κ2) is 8.67. The highest BCUT2D eigenvalue weighted by atomic mass is 14.1. The van der Waals surface area contributed by atoms with Gasteiger partial charge in [0.2, 0.25) is 0 Å². The van der Waals surface area contributed by atoms with Crippen LogP contribution in [-0.4, -0.2) is 0 Å². The Labute approximate surface area is 131 Å². The SMILES string of the molecule is CC(C)c1ccccc1.CC(C)c1ccccc1C(C)C. The van der Waals surface area contributed by atoms with Crippen LogP contribution in [0, 0.1) is 0 Å². The van der Waals surface area contributed by atoms with Crippen LogP contribution >= 0.6 is 0 Å². The molecule has 0 amide bonds. The molecule has 0 aliphatic rings. The van der Waals surface area contributed by atoms with Gasteiger partial charge in [-0.3, -0.25) is 0 Å². The van der Waals surface area contributed by atoms with Crippen molar-refractivity contribution in [3.05, 3.63) is 71.3 Å². The van der Waals surface area contributed by atoms with Gasteiger partial charge >= 0.3 is 0 Å². The highest BCUT2D eigenvalue weighted by molar-refractivity contribution is 5.31. The Morgan fingerprint density at radius 3 is 1.14 bits per heavy atom. The van der Waals surface area contributed by atoms with Crippen molar-refractivity contribution >= 4 is 0 Å². The summed E-state index contributed by atoms with van der Waals surface area (Å²) in [7, 11) is 0. The highest BCUT2D eigenvalue weighted by Gasteiger charge is 2.07. The van der Waals surface area contributed by atoms with E-state index < -0.39 is 0 Å². The van der Waals surface area contributed by atoms with Crippen molar-refractivity contribution in [2.75, 3.05) is 0 Å². The lowest BCUT2D eigenvalue weighted by Crippen LogP contribution is -1.97. The summed E-state index contributed by atoms with van der Waals surface area (Å²) in [4.78, 5) is 0. The fourth-order valence-corrected chi connectivity index (χ4v) is 2.40. The van der Waals surface area contributed by atoms with Crippen molar-refractivity contribution in [1.82, 2.24) is 0 Å². The summed E-state index contributed by atoms with van der Waals surface area (Å²) < 4.78 is 0. The zero-order chi connectivity index (χ0) is 15.8. The Morgan fingerprint density at radius 1 is 0.476 bits per heavy atom. The minimum absolute atomic E-state index is 0.642. The first-order valence-electron chi connectivity index (χ1n) is 8.07. The van der Waals surface area contributed by atoms with Crippen LogP contribution < -0.4 is 0 Å². The predicted molar refractivity (Wildman–Crippen MR) is 95.2 cm³/mol. The maximum absolute atomic E-state index is 2.25. The number of hydrogen-bond donors (Lipinski definition) is 0. The van der Waals surface area contributed by atoms with Gasteiger partial charge in [0.25, 0.3) is 0 Å². The van der Waals surface area contributed by atoms with Crippen LogP contribution in [0.2, 0.25) is 0 Å². The van der Waals surface area contributed by atoms with E-state index in [1.54, 1.807) is 0 Å². The first-order chi connectivity index (χ1) is 9.93. The average Bonchev–Trinajstić information content (AvgIpc) is 2.48. The van der Waals surface area contributed by atoms with E-state index in [4.69, 9.17) is 0 Å². The van der Waals surface area contributed by atoms with Crippen molar-refractivity contribution in [2.45, 2.75) is 59.3 Å². The normalized spacial score (nSPS) is 10.7. The molecule has 0 atom stereocenters. The summed E-state index contributed by atoms with van der Waals surface area (Å²) in [6.07, 6.45) is 0. The van der Waals surface area contributed by atoms with Gasteiger partial charge in [-0.15, -0.1) is 0 Å². The van der Waals surface area contributed by atoms with Gasteiger partial charge in [-0.2, -0.15) is 0 Å². The standard InChI is InChI=1S/C12H18.C9H12/c1-9(2)11-7-5-6-8-12(11)10(3)4;1-8(2)9-6-4-3-5-7-9/h5-10H,1-4H3;3-8H,1-2H3. The van der Waals surface area contributed by atoms with Gasteiger partial charge in [-0.25, -0.2) is 0 Å². The van der Waals surface area contributed by atoms with Crippen LogP contribution in [0.1, 0.15) is 76.0 Å². The van der Waals surface area contributed by atoms with E-state index in [0.29, 0.717) is 17.8 Å². The monoisotopic (exact) mass is 282 g/mol. The van der Waals surface area contributed by atoms with Gasteiger partial charge in [0.15, 0.2) is 0 Å². The van der Waals surface area contributed by atoms with Gasteiger partial charge in [0.05, 0.1) is 0 Å². The molecule has 0 N–H and O–H groups in total. The molecule has 0 radical (unpaired) electrons. The van der Waals surface area contributed by atoms with Crippen LogP contribution in [0.4, 0.5) is 0 Å². The van der Waals surface area contributed by atoms with E-state index in [9.17, 15) is 0 Å². The van der Waals surface area contributed by atoms with Crippen LogP contribution in [0.15, 0.2) is 54.6 Å². The van der Waals surface area contributed by atoms with Gasteiger partial charge < -0.3 is 0 Å². The largest absolute Gasteiger partial charge is 0.0622 e. The highest BCUT2D eigenvalue weighted by Crippen LogP contribution is 2.25. The number of hydrogen-bond acceptors (Lipinski definition) is 0. The zero-order valence-electron chi connectivity index (χ0n) is 14.4. The van der Waals surface area contributed by atoms with Crippen LogP contribution in [0.25, 0.3) is 0 Å². The molecule has 0 unspecified atom stereocenters. The molecule has 2 aromatic carbocycles. The van der Waals surface area contributed by atoms with Crippen LogP contribution in [0.3, 0.4) is 0 Å². The molecule has 2 aromatic rings. The molecule has 0 bridgehead atoms. The van der Waals surface area contributed by atoms with E-state index in [1.165, 1.54) is 16.7 Å². The van der Waals surface area contributed by atoms with Crippen molar-refractivity contribution in [3.8, 4) is 0 Å². The zero-order valence-corrected chi connectivity index (χ0v) is 14.4. The first-order valence-corrected chi connectivity index (χ1v) is 8.07. The molecule has 0 heteroatoms. The van der Waals surface area contributed by atoms with E-state index in [0.717, 1.165) is 0 Å². The smallest absolute Gasteiger partial charge is 0.0216 e. The number of benzene rings is 2. The fraction of sp³-hybridized carbons (Fsp3) is 0.429. The molecule has 0 aliphatic carbocycles. The molecule has 0 saturated heterocycles. The molecule has 0 heterocycles. The summed E-state index contributed by atoms with van der Waals surface area (Å²) >= 11 is 0. The Hall–Kier alpha value is -1.56. The third kappa shape index (κ3) is 5.75. The summed E-state index contributed by atoms with van der Waals surface area (Å²) in [5.41, 5.74) is 4.40. The van der Waals surface area contributed by atoms with Gasteiger partial charge in [-0.05, 0) is 34.4 Å². The Morgan fingerprint density at radius 2 is 0.857 bits per heavy atom. The van der Waals surface area contributed by atoms with E-state index in [1.807, 2.05) is 6.07 Å². The molecule has 21 heavy (non-hydrogen) atoms. The summed E-state index contributed by atoms with van der Waals surface area (Å²) in [5.74, 6) is 1.94. The average molecular weight is 282 g/mol. The van der Waals surface area contributed by atoms with Gasteiger partial charge in [-0.1, -0.05) is 96.1 Å². The lowest BCUT2D eigenvalue weighted by molar-refractivity contribution is 0.790. The van der Waals surface area contributed by atoms with Crippen molar-refractivity contribution < 1.29 is 0 Å². The summed E-state index contributed by atoms with van der Waals surface area (Å²) in [6.45, 7) is 13.4. The lowest BCUT2D eigenvalue weighted by atomic mass is 9.91. The molecule has 0 saturated carbocycles. The minimum Gasteiger partial charge on any atom is -0.0622 e. The predicted octanol–water partition coefficient (Wildman–Crippen LogP) is 6.74. The van der Waals surface area contributed by atoms with Gasteiger partial charge in [0, 0.05) is 0 Å². The van der Waals surface area contributed by atoms with E-state index in [-0.39, 0.29) is 0 Å². The summed E-state index contributed by atoms with van der Waals surface area (Å²) in [6, 6.07) is 19.2. The molecule has 0 spiro atoms. The third-order valence-electron chi connectivity index (χ3n) is 3.71. The van der Waals surface area contributed by atoms with E-state index in [2.05, 4.69) is 90.1 Å². The third-order valence-corrected chi connectivity index (χ3v) is 3.71. The second-order valence-corrected chi connectivity index (χ2v) is 6.50. The minimum atomic E-state index is 0.642. The Bertz CT molecular complexity index is 480. The maximum Gasteiger partial charge on any atom is -0.0216 e. The Kier molecular flexibility index (Phi) is 7.22. The summed E-state index contributed by atoms with van der Waals surface area (Å²) in [5, 5.41) is 0.